The highest BCUT2D eigenvalue weighted by Crippen LogP contribution is 2.21. The summed E-state index contributed by atoms with van der Waals surface area (Å²) in [4.78, 5) is 0.196. The van der Waals surface area contributed by atoms with Crippen molar-refractivity contribution in [1.29, 1.82) is 0 Å². The van der Waals surface area contributed by atoms with Crippen molar-refractivity contribution in [2.24, 2.45) is 5.73 Å². The van der Waals surface area contributed by atoms with Gasteiger partial charge in [-0.15, -0.1) is 0 Å². The molecule has 0 saturated heterocycles. The zero-order valence-corrected chi connectivity index (χ0v) is 10.7. The Hall–Kier alpha value is -0.720. The van der Waals surface area contributed by atoms with E-state index in [4.69, 9.17) is 10.5 Å². The summed E-state index contributed by atoms with van der Waals surface area (Å²) in [6, 6.07) is 4.97. The standard InChI is InChI=1S/C10H15NO3S2/c1-14-9-3-2-7(4-8(11)6-15)5-10(9)16(12)13/h2-3,5,8,15-16H,4,6,11H2,1H3/t8-/m0/s1. The molecule has 0 bridgehead atoms. The fourth-order valence-corrected chi connectivity index (χ4v) is 2.12. The average Bonchev–Trinajstić information content (AvgIpc) is 2.28. The van der Waals surface area contributed by atoms with Crippen molar-refractivity contribution in [3.05, 3.63) is 23.8 Å². The fourth-order valence-electron chi connectivity index (χ4n) is 1.37. The molecule has 1 atom stereocenters. The first kappa shape index (κ1) is 13.3. The van der Waals surface area contributed by atoms with Crippen LogP contribution in [0.3, 0.4) is 0 Å². The van der Waals surface area contributed by atoms with Crippen molar-refractivity contribution in [3.63, 3.8) is 0 Å². The number of hydrogen-bond acceptors (Lipinski definition) is 5. The minimum Gasteiger partial charge on any atom is -0.495 e. The molecule has 2 N–H and O–H groups in total. The van der Waals surface area contributed by atoms with E-state index >= 15 is 0 Å². The maximum Gasteiger partial charge on any atom is 0.171 e. The largest absolute Gasteiger partial charge is 0.495 e. The number of rotatable bonds is 5. The summed E-state index contributed by atoms with van der Waals surface area (Å²) >= 11 is 4.08. The van der Waals surface area contributed by atoms with E-state index < -0.39 is 10.7 Å². The van der Waals surface area contributed by atoms with Crippen molar-refractivity contribution in [3.8, 4) is 5.75 Å². The van der Waals surface area contributed by atoms with Crippen LogP contribution in [0.1, 0.15) is 5.56 Å². The lowest BCUT2D eigenvalue weighted by atomic mass is 10.1. The Labute approximate surface area is 102 Å². The van der Waals surface area contributed by atoms with Gasteiger partial charge in [-0.05, 0) is 24.1 Å². The molecule has 90 valence electrons. The Kier molecular flexibility index (Phi) is 5.11. The number of hydrogen-bond donors (Lipinski definition) is 3. The summed E-state index contributed by atoms with van der Waals surface area (Å²) in [6.45, 7) is 0. The molecular formula is C10H15NO3S2. The number of methoxy groups -OCH3 is 1. The van der Waals surface area contributed by atoms with Crippen LogP contribution < -0.4 is 10.5 Å². The van der Waals surface area contributed by atoms with Gasteiger partial charge in [0.25, 0.3) is 0 Å². The van der Waals surface area contributed by atoms with Gasteiger partial charge in [0.2, 0.25) is 0 Å². The first-order valence-electron chi connectivity index (χ1n) is 4.76. The summed E-state index contributed by atoms with van der Waals surface area (Å²) in [5.41, 5.74) is 6.61. The van der Waals surface area contributed by atoms with Crippen molar-refractivity contribution >= 4 is 23.3 Å². The van der Waals surface area contributed by atoms with Crippen LogP contribution in [-0.2, 0) is 17.1 Å². The van der Waals surface area contributed by atoms with E-state index in [-0.39, 0.29) is 10.9 Å². The molecule has 0 aliphatic heterocycles. The molecule has 4 nitrogen and oxygen atoms in total. The molecule has 0 heterocycles. The zero-order valence-electron chi connectivity index (χ0n) is 8.92. The van der Waals surface area contributed by atoms with Gasteiger partial charge in [-0.25, -0.2) is 8.42 Å². The molecule has 0 saturated carbocycles. The molecular weight excluding hydrogens is 246 g/mol. The topological polar surface area (TPSA) is 69.4 Å². The van der Waals surface area contributed by atoms with E-state index in [1.807, 2.05) is 6.07 Å². The van der Waals surface area contributed by atoms with Gasteiger partial charge in [0, 0.05) is 11.8 Å². The SMILES string of the molecule is COc1ccc(C[C@H](N)CS)cc1[SH](=O)=O. The Morgan fingerprint density at radius 1 is 1.50 bits per heavy atom. The van der Waals surface area contributed by atoms with Crippen LogP contribution in [0.5, 0.6) is 5.75 Å². The summed E-state index contributed by atoms with van der Waals surface area (Å²) in [7, 11) is -1.21. The minimum atomic E-state index is -2.65. The smallest absolute Gasteiger partial charge is 0.171 e. The van der Waals surface area contributed by atoms with Crippen LogP contribution >= 0.6 is 12.6 Å². The van der Waals surface area contributed by atoms with Crippen molar-refractivity contribution < 1.29 is 13.2 Å². The van der Waals surface area contributed by atoms with Crippen LogP contribution in [0.15, 0.2) is 23.1 Å². The van der Waals surface area contributed by atoms with E-state index in [9.17, 15) is 8.42 Å². The fraction of sp³-hybridized carbons (Fsp3) is 0.400. The molecule has 0 spiro atoms. The second kappa shape index (κ2) is 6.12. The lowest BCUT2D eigenvalue weighted by Crippen LogP contribution is -2.24. The Bertz CT molecular complexity index is 424. The molecule has 0 aliphatic carbocycles. The molecule has 1 aromatic carbocycles. The molecule has 0 aliphatic rings. The Morgan fingerprint density at radius 3 is 2.69 bits per heavy atom. The van der Waals surface area contributed by atoms with Crippen LogP contribution in [0.2, 0.25) is 0 Å². The van der Waals surface area contributed by atoms with Crippen LogP contribution in [-0.4, -0.2) is 27.3 Å². The van der Waals surface area contributed by atoms with E-state index in [2.05, 4.69) is 12.6 Å². The summed E-state index contributed by atoms with van der Waals surface area (Å²) in [5, 5.41) is 0. The number of benzene rings is 1. The van der Waals surface area contributed by atoms with Gasteiger partial charge < -0.3 is 10.5 Å². The lowest BCUT2D eigenvalue weighted by Gasteiger charge is -2.10. The average molecular weight is 261 g/mol. The van der Waals surface area contributed by atoms with Crippen LogP contribution in [0.25, 0.3) is 0 Å². The predicted molar refractivity (Wildman–Crippen MR) is 67.1 cm³/mol. The second-order valence-electron chi connectivity index (χ2n) is 3.41. The normalized spacial score (nSPS) is 12.8. The van der Waals surface area contributed by atoms with Gasteiger partial charge in [0.05, 0.1) is 7.11 Å². The van der Waals surface area contributed by atoms with E-state index in [0.717, 1.165) is 5.56 Å². The molecule has 16 heavy (non-hydrogen) atoms. The molecule has 6 heteroatoms. The first-order chi connectivity index (χ1) is 7.58. The van der Waals surface area contributed by atoms with Crippen LogP contribution in [0, 0.1) is 0 Å². The Morgan fingerprint density at radius 2 is 2.19 bits per heavy atom. The van der Waals surface area contributed by atoms with Gasteiger partial charge in [-0.3, -0.25) is 0 Å². The molecule has 0 fully saturated rings. The summed E-state index contributed by atoms with van der Waals surface area (Å²) in [5.74, 6) is 0.921. The maximum atomic E-state index is 11.0. The highest BCUT2D eigenvalue weighted by molar-refractivity contribution is 7.80. The minimum absolute atomic E-state index is 0.0749. The van der Waals surface area contributed by atoms with Gasteiger partial charge in [0.1, 0.15) is 10.6 Å². The van der Waals surface area contributed by atoms with E-state index in [0.29, 0.717) is 17.9 Å². The zero-order chi connectivity index (χ0) is 12.1. The van der Waals surface area contributed by atoms with Gasteiger partial charge in [-0.2, -0.15) is 12.6 Å². The number of thiol groups is 2. The van der Waals surface area contributed by atoms with E-state index in [1.54, 1.807) is 12.1 Å². The van der Waals surface area contributed by atoms with Crippen molar-refractivity contribution in [1.82, 2.24) is 0 Å². The van der Waals surface area contributed by atoms with Crippen molar-refractivity contribution in [2.75, 3.05) is 12.9 Å². The molecule has 1 aromatic rings. The molecule has 0 amide bonds. The number of ether oxygens (including phenoxy) is 1. The molecule has 0 aromatic heterocycles. The van der Waals surface area contributed by atoms with Crippen molar-refractivity contribution in [2.45, 2.75) is 17.4 Å². The quantitative estimate of drug-likeness (QED) is 0.674. The van der Waals surface area contributed by atoms with Gasteiger partial charge in [-0.1, -0.05) is 6.07 Å². The third-order valence-corrected chi connectivity index (χ3v) is 3.38. The third kappa shape index (κ3) is 3.40. The highest BCUT2D eigenvalue weighted by Gasteiger charge is 2.08. The second-order valence-corrected chi connectivity index (χ2v) is 4.77. The third-order valence-electron chi connectivity index (χ3n) is 2.17. The maximum absolute atomic E-state index is 11.0. The molecule has 1 rings (SSSR count). The summed E-state index contributed by atoms with van der Waals surface area (Å²) in [6.07, 6.45) is 0.601. The molecule has 0 radical (unpaired) electrons. The van der Waals surface area contributed by atoms with Crippen LogP contribution in [0.4, 0.5) is 0 Å². The van der Waals surface area contributed by atoms with Gasteiger partial charge >= 0.3 is 0 Å². The Balaban J connectivity index is 3.02. The first-order valence-corrected chi connectivity index (χ1v) is 6.57. The monoisotopic (exact) mass is 261 g/mol. The highest BCUT2D eigenvalue weighted by atomic mass is 32.2. The molecule has 0 unspecified atom stereocenters. The predicted octanol–water partition coefficient (Wildman–Crippen LogP) is 0.465. The number of nitrogens with two attached hydrogens (primary N) is 1. The van der Waals surface area contributed by atoms with E-state index in [1.165, 1.54) is 7.11 Å². The summed E-state index contributed by atoms with van der Waals surface area (Å²) < 4.78 is 27.0. The lowest BCUT2D eigenvalue weighted by molar-refractivity contribution is 0.403. The van der Waals surface area contributed by atoms with Gasteiger partial charge in [0.15, 0.2) is 10.7 Å².